The van der Waals surface area contributed by atoms with Crippen molar-refractivity contribution in [1.29, 1.82) is 5.26 Å². The van der Waals surface area contributed by atoms with E-state index < -0.39 is 5.91 Å². The molecule has 0 atom stereocenters. The molecule has 1 N–H and O–H groups in total. The number of halogens is 2. The lowest BCUT2D eigenvalue weighted by molar-refractivity contribution is -0.112. The number of para-hydroxylation sites is 1. The first-order valence-electron chi connectivity index (χ1n) is 11.8. The summed E-state index contributed by atoms with van der Waals surface area (Å²) >= 11 is 12.1. The van der Waals surface area contributed by atoms with Crippen LogP contribution >= 0.6 is 23.2 Å². The highest BCUT2D eigenvalue weighted by atomic mass is 35.5. The SMILES string of the molecule is Cc1cccc(COc2ccccc2/C=C(\C#N)C(=O)Nc2ccc(OCc3ccc(Cl)cc3Cl)cc2)c1. The number of hydrogen-bond donors (Lipinski definition) is 1. The van der Waals surface area contributed by atoms with Gasteiger partial charge in [0.1, 0.15) is 36.4 Å². The average Bonchev–Trinajstić information content (AvgIpc) is 2.91. The minimum atomic E-state index is -0.525. The van der Waals surface area contributed by atoms with Gasteiger partial charge in [0, 0.05) is 26.9 Å². The summed E-state index contributed by atoms with van der Waals surface area (Å²) in [4.78, 5) is 12.8. The normalized spacial score (nSPS) is 10.9. The van der Waals surface area contributed by atoms with Crippen LogP contribution in [0.1, 0.15) is 22.3 Å². The number of nitriles is 1. The van der Waals surface area contributed by atoms with Crippen molar-refractivity contribution in [2.45, 2.75) is 20.1 Å². The molecule has 5 nitrogen and oxygen atoms in total. The maximum absolute atomic E-state index is 12.8. The first-order valence-corrected chi connectivity index (χ1v) is 12.5. The van der Waals surface area contributed by atoms with Crippen molar-refractivity contribution >= 4 is 40.9 Å². The summed E-state index contributed by atoms with van der Waals surface area (Å²) in [5, 5.41) is 13.5. The van der Waals surface area contributed by atoms with Crippen LogP contribution in [0.2, 0.25) is 10.0 Å². The molecule has 0 radical (unpaired) electrons. The third kappa shape index (κ3) is 7.39. The monoisotopic (exact) mass is 542 g/mol. The number of benzene rings is 4. The van der Waals surface area contributed by atoms with Crippen LogP contribution in [0, 0.1) is 18.3 Å². The molecule has 0 aliphatic carbocycles. The number of ether oxygens (including phenoxy) is 2. The van der Waals surface area contributed by atoms with Gasteiger partial charge < -0.3 is 14.8 Å². The highest BCUT2D eigenvalue weighted by Gasteiger charge is 2.12. The maximum Gasteiger partial charge on any atom is 0.266 e. The minimum Gasteiger partial charge on any atom is -0.489 e. The zero-order valence-corrected chi connectivity index (χ0v) is 22.1. The standard InChI is InChI=1S/C31H24Cl2N2O3/c1-21-5-4-6-22(15-21)19-38-30-8-3-2-7-23(30)16-25(18-34)31(36)35-27-11-13-28(14-12-27)37-20-24-9-10-26(32)17-29(24)33/h2-17H,19-20H2,1H3,(H,35,36)/b25-16+. The summed E-state index contributed by atoms with van der Waals surface area (Å²) in [5.41, 5.74) is 4.10. The van der Waals surface area contributed by atoms with E-state index in [4.69, 9.17) is 32.7 Å². The van der Waals surface area contributed by atoms with E-state index in [9.17, 15) is 10.1 Å². The molecule has 0 aliphatic rings. The molecule has 0 saturated carbocycles. The van der Waals surface area contributed by atoms with Gasteiger partial charge >= 0.3 is 0 Å². The molecule has 190 valence electrons. The van der Waals surface area contributed by atoms with Crippen LogP contribution in [0.15, 0.2) is 96.6 Å². The number of aryl methyl sites for hydroxylation is 1. The van der Waals surface area contributed by atoms with Gasteiger partial charge in [-0.15, -0.1) is 0 Å². The van der Waals surface area contributed by atoms with E-state index in [1.807, 2.05) is 49.4 Å². The van der Waals surface area contributed by atoms with Gasteiger partial charge in [-0.1, -0.05) is 77.3 Å². The van der Waals surface area contributed by atoms with Crippen LogP contribution in [-0.4, -0.2) is 5.91 Å². The fourth-order valence-corrected chi connectivity index (χ4v) is 4.09. The molecule has 0 bridgehead atoms. The van der Waals surface area contributed by atoms with Gasteiger partial charge in [-0.25, -0.2) is 0 Å². The number of rotatable bonds is 9. The molecule has 4 rings (SSSR count). The second-order valence-corrected chi connectivity index (χ2v) is 9.33. The topological polar surface area (TPSA) is 71.3 Å². The van der Waals surface area contributed by atoms with Crippen LogP contribution in [0.3, 0.4) is 0 Å². The lowest BCUT2D eigenvalue weighted by atomic mass is 10.1. The van der Waals surface area contributed by atoms with Crippen molar-refractivity contribution in [3.05, 3.63) is 129 Å². The number of carbonyl (C=O) groups excluding carboxylic acids is 1. The van der Waals surface area contributed by atoms with Gasteiger partial charge in [-0.05, 0) is 61.0 Å². The maximum atomic E-state index is 12.8. The first-order chi connectivity index (χ1) is 18.4. The minimum absolute atomic E-state index is 0.0469. The predicted molar refractivity (Wildman–Crippen MR) is 151 cm³/mol. The Hall–Kier alpha value is -4.24. The number of amides is 1. The molecular formula is C31H24Cl2N2O3. The fourth-order valence-electron chi connectivity index (χ4n) is 3.63. The molecule has 0 aromatic heterocycles. The molecular weight excluding hydrogens is 519 g/mol. The molecule has 7 heteroatoms. The quantitative estimate of drug-likeness (QED) is 0.172. The van der Waals surface area contributed by atoms with Gasteiger partial charge in [0.05, 0.1) is 0 Å². The first kappa shape index (κ1) is 26.8. The molecule has 0 heterocycles. The second kappa shape index (κ2) is 12.8. The molecule has 0 fully saturated rings. The van der Waals surface area contributed by atoms with Crippen molar-refractivity contribution in [3.63, 3.8) is 0 Å². The molecule has 0 saturated heterocycles. The summed E-state index contributed by atoms with van der Waals surface area (Å²) in [6.45, 7) is 2.67. The average molecular weight is 543 g/mol. The third-order valence-corrected chi connectivity index (χ3v) is 6.17. The molecule has 4 aromatic carbocycles. The molecule has 1 amide bonds. The Morgan fingerprint density at radius 3 is 2.45 bits per heavy atom. The summed E-state index contributed by atoms with van der Waals surface area (Å²) < 4.78 is 11.8. The lowest BCUT2D eigenvalue weighted by Crippen LogP contribution is -2.13. The lowest BCUT2D eigenvalue weighted by Gasteiger charge is -2.11. The van der Waals surface area contributed by atoms with Crippen LogP contribution in [0.25, 0.3) is 6.08 Å². The Morgan fingerprint density at radius 2 is 1.71 bits per heavy atom. The molecule has 0 spiro atoms. The Bertz CT molecular complexity index is 1510. The van der Waals surface area contributed by atoms with Crippen LogP contribution in [-0.2, 0) is 18.0 Å². The number of anilines is 1. The molecule has 4 aromatic rings. The van der Waals surface area contributed by atoms with E-state index >= 15 is 0 Å². The van der Waals surface area contributed by atoms with Gasteiger partial charge in [-0.3, -0.25) is 4.79 Å². The highest BCUT2D eigenvalue weighted by Crippen LogP contribution is 2.25. The van der Waals surface area contributed by atoms with E-state index in [2.05, 4.69) is 11.4 Å². The number of hydrogen-bond acceptors (Lipinski definition) is 4. The van der Waals surface area contributed by atoms with E-state index in [1.54, 1.807) is 48.5 Å². The predicted octanol–water partition coefficient (Wildman–Crippen LogP) is 8.01. The highest BCUT2D eigenvalue weighted by molar-refractivity contribution is 6.35. The van der Waals surface area contributed by atoms with Crippen molar-refractivity contribution in [1.82, 2.24) is 0 Å². The van der Waals surface area contributed by atoms with Gasteiger partial charge in [0.15, 0.2) is 0 Å². The third-order valence-electron chi connectivity index (χ3n) is 5.58. The Balaban J connectivity index is 1.39. The smallest absolute Gasteiger partial charge is 0.266 e. The van der Waals surface area contributed by atoms with Crippen LogP contribution < -0.4 is 14.8 Å². The van der Waals surface area contributed by atoms with E-state index in [1.165, 1.54) is 6.08 Å². The van der Waals surface area contributed by atoms with E-state index in [0.29, 0.717) is 39.4 Å². The Morgan fingerprint density at radius 1 is 0.921 bits per heavy atom. The summed E-state index contributed by atoms with van der Waals surface area (Å²) in [6.07, 6.45) is 1.52. The van der Waals surface area contributed by atoms with Gasteiger partial charge in [0.2, 0.25) is 0 Å². The van der Waals surface area contributed by atoms with Gasteiger partial charge in [-0.2, -0.15) is 5.26 Å². The van der Waals surface area contributed by atoms with Crippen molar-refractivity contribution in [3.8, 4) is 17.6 Å². The molecule has 38 heavy (non-hydrogen) atoms. The van der Waals surface area contributed by atoms with Gasteiger partial charge in [0.25, 0.3) is 5.91 Å². The number of carbonyl (C=O) groups is 1. The second-order valence-electron chi connectivity index (χ2n) is 8.49. The summed E-state index contributed by atoms with van der Waals surface area (Å²) in [7, 11) is 0. The van der Waals surface area contributed by atoms with E-state index in [0.717, 1.165) is 16.7 Å². The molecule has 0 unspecified atom stereocenters. The van der Waals surface area contributed by atoms with Crippen molar-refractivity contribution in [2.75, 3.05) is 5.32 Å². The largest absolute Gasteiger partial charge is 0.489 e. The van der Waals surface area contributed by atoms with Crippen LogP contribution in [0.5, 0.6) is 11.5 Å². The fraction of sp³-hybridized carbons (Fsp3) is 0.0968. The summed E-state index contributed by atoms with van der Waals surface area (Å²) in [5.74, 6) is 0.657. The zero-order chi connectivity index (χ0) is 26.9. The number of nitrogens with one attached hydrogen (secondary N) is 1. The van der Waals surface area contributed by atoms with Crippen molar-refractivity contribution < 1.29 is 14.3 Å². The Labute approximate surface area is 231 Å². The molecule has 0 aliphatic heterocycles. The Kier molecular flexibility index (Phi) is 9.05. The van der Waals surface area contributed by atoms with Crippen LogP contribution in [0.4, 0.5) is 5.69 Å². The van der Waals surface area contributed by atoms with Crippen molar-refractivity contribution in [2.24, 2.45) is 0 Å². The number of nitrogens with zero attached hydrogens (tertiary/aromatic N) is 1. The van der Waals surface area contributed by atoms with E-state index in [-0.39, 0.29) is 12.2 Å². The summed E-state index contributed by atoms with van der Waals surface area (Å²) in [6, 6.07) is 29.4. The zero-order valence-electron chi connectivity index (χ0n) is 20.6.